The van der Waals surface area contributed by atoms with Crippen LogP contribution in [0.15, 0.2) is 41.4 Å². The molecular formula is C24H32N2. The van der Waals surface area contributed by atoms with Crippen LogP contribution in [0.25, 0.3) is 0 Å². The lowest BCUT2D eigenvalue weighted by atomic mass is 9.78. The number of rotatable bonds is 3. The number of hydrogen-bond donors (Lipinski definition) is 0. The van der Waals surface area contributed by atoms with Crippen LogP contribution in [0.5, 0.6) is 0 Å². The second-order valence-electron chi connectivity index (χ2n) is 8.74. The molecule has 2 aromatic rings. The van der Waals surface area contributed by atoms with Crippen molar-refractivity contribution in [3.63, 3.8) is 0 Å². The van der Waals surface area contributed by atoms with Gasteiger partial charge in [0.1, 0.15) is 0 Å². The van der Waals surface area contributed by atoms with E-state index in [1.54, 1.807) is 0 Å². The summed E-state index contributed by atoms with van der Waals surface area (Å²) in [5, 5.41) is 0. The monoisotopic (exact) mass is 348 g/mol. The lowest BCUT2D eigenvalue weighted by Gasteiger charge is -2.50. The van der Waals surface area contributed by atoms with Crippen molar-refractivity contribution in [1.82, 2.24) is 0 Å². The molecule has 0 N–H and O–H groups in total. The third-order valence-corrected chi connectivity index (χ3v) is 5.57. The Bertz CT molecular complexity index is 813. The molecule has 0 saturated carbocycles. The van der Waals surface area contributed by atoms with Gasteiger partial charge in [-0.1, -0.05) is 24.6 Å². The van der Waals surface area contributed by atoms with E-state index in [0.717, 1.165) is 5.69 Å². The number of aryl methyl sites for hydroxylation is 2. The molecule has 3 rings (SSSR count). The van der Waals surface area contributed by atoms with Gasteiger partial charge in [0.05, 0.1) is 5.69 Å². The maximum atomic E-state index is 4.70. The Kier molecular flexibility index (Phi) is 4.96. The maximum absolute atomic E-state index is 4.70. The minimum Gasteiger partial charge on any atom is -0.364 e. The summed E-state index contributed by atoms with van der Waals surface area (Å²) >= 11 is 0. The van der Waals surface area contributed by atoms with Crippen molar-refractivity contribution in [2.45, 2.75) is 72.4 Å². The van der Waals surface area contributed by atoms with E-state index in [2.05, 4.69) is 89.8 Å². The van der Waals surface area contributed by atoms with Gasteiger partial charge in [0.2, 0.25) is 0 Å². The van der Waals surface area contributed by atoms with Crippen LogP contribution >= 0.6 is 0 Å². The summed E-state index contributed by atoms with van der Waals surface area (Å²) in [6.07, 6.45) is 3.20. The molecule has 2 aromatic carbocycles. The highest BCUT2D eigenvalue weighted by molar-refractivity contribution is 5.86. The first-order valence-corrected chi connectivity index (χ1v) is 9.73. The standard InChI is InChI=1S/C24H32N2/c1-16(2)26-23-12-18(4)20(13-22(23)19(5)14-24(26,6)7)15-25-21-10-8-17(3)9-11-21/h8-13,15-16,19H,14H2,1-7H3/t19-/m0/s1. The molecule has 0 aliphatic carbocycles. The van der Waals surface area contributed by atoms with Gasteiger partial charge in [-0.15, -0.1) is 0 Å². The molecule has 2 nitrogen and oxygen atoms in total. The second kappa shape index (κ2) is 6.90. The van der Waals surface area contributed by atoms with E-state index in [1.165, 1.54) is 34.4 Å². The van der Waals surface area contributed by atoms with Gasteiger partial charge in [-0.05, 0) is 94.8 Å². The van der Waals surface area contributed by atoms with Gasteiger partial charge in [-0.2, -0.15) is 0 Å². The van der Waals surface area contributed by atoms with Gasteiger partial charge in [0, 0.05) is 23.5 Å². The topological polar surface area (TPSA) is 15.6 Å². The molecular weight excluding hydrogens is 316 g/mol. The first kappa shape index (κ1) is 18.7. The van der Waals surface area contributed by atoms with Crippen LogP contribution in [-0.4, -0.2) is 17.8 Å². The van der Waals surface area contributed by atoms with Crippen molar-refractivity contribution >= 4 is 17.6 Å². The zero-order valence-corrected chi connectivity index (χ0v) is 17.3. The Labute approximate surface area is 159 Å². The molecule has 1 atom stereocenters. The second-order valence-corrected chi connectivity index (χ2v) is 8.74. The van der Waals surface area contributed by atoms with Gasteiger partial charge in [-0.3, -0.25) is 4.99 Å². The Hall–Kier alpha value is -2.09. The SMILES string of the molecule is Cc1ccc(N=Cc2cc3c(cc2C)N(C(C)C)C(C)(C)C[C@@H]3C)cc1. The lowest BCUT2D eigenvalue weighted by Crippen LogP contribution is -2.51. The number of fused-ring (bicyclic) bond motifs is 1. The van der Waals surface area contributed by atoms with Gasteiger partial charge in [0.15, 0.2) is 0 Å². The molecule has 0 aromatic heterocycles. The van der Waals surface area contributed by atoms with E-state index in [4.69, 9.17) is 4.99 Å². The van der Waals surface area contributed by atoms with E-state index in [-0.39, 0.29) is 5.54 Å². The average Bonchev–Trinajstić information content (AvgIpc) is 2.53. The van der Waals surface area contributed by atoms with Crippen molar-refractivity contribution in [1.29, 1.82) is 0 Å². The van der Waals surface area contributed by atoms with Crippen LogP contribution in [0.1, 0.15) is 69.2 Å². The van der Waals surface area contributed by atoms with Gasteiger partial charge < -0.3 is 4.90 Å². The zero-order chi connectivity index (χ0) is 19.1. The molecule has 138 valence electrons. The van der Waals surface area contributed by atoms with E-state index in [0.29, 0.717) is 12.0 Å². The van der Waals surface area contributed by atoms with Crippen molar-refractivity contribution in [2.75, 3.05) is 4.90 Å². The number of benzene rings is 2. The highest BCUT2D eigenvalue weighted by Crippen LogP contribution is 2.45. The largest absolute Gasteiger partial charge is 0.364 e. The Morgan fingerprint density at radius 1 is 1.12 bits per heavy atom. The number of hydrogen-bond acceptors (Lipinski definition) is 2. The highest BCUT2D eigenvalue weighted by Gasteiger charge is 2.37. The average molecular weight is 349 g/mol. The van der Waals surface area contributed by atoms with Crippen molar-refractivity contribution in [3.8, 4) is 0 Å². The molecule has 0 saturated heterocycles. The van der Waals surface area contributed by atoms with E-state index >= 15 is 0 Å². The molecule has 0 spiro atoms. The van der Waals surface area contributed by atoms with Crippen molar-refractivity contribution in [2.24, 2.45) is 4.99 Å². The van der Waals surface area contributed by atoms with Crippen LogP contribution < -0.4 is 4.90 Å². The van der Waals surface area contributed by atoms with Crippen molar-refractivity contribution in [3.05, 3.63) is 58.7 Å². The first-order chi connectivity index (χ1) is 12.2. The molecule has 1 aliphatic rings. The molecule has 0 radical (unpaired) electrons. The Morgan fingerprint density at radius 2 is 1.77 bits per heavy atom. The minimum absolute atomic E-state index is 0.185. The number of anilines is 1. The fourth-order valence-corrected chi connectivity index (χ4v) is 4.51. The summed E-state index contributed by atoms with van der Waals surface area (Å²) < 4.78 is 0. The van der Waals surface area contributed by atoms with Crippen LogP contribution in [0.2, 0.25) is 0 Å². The minimum atomic E-state index is 0.185. The van der Waals surface area contributed by atoms with Gasteiger partial charge in [0.25, 0.3) is 0 Å². The Morgan fingerprint density at radius 3 is 2.38 bits per heavy atom. The molecule has 0 bridgehead atoms. The van der Waals surface area contributed by atoms with Crippen molar-refractivity contribution < 1.29 is 0 Å². The van der Waals surface area contributed by atoms with E-state index in [1.807, 2.05) is 6.21 Å². The molecule has 0 amide bonds. The predicted molar refractivity (Wildman–Crippen MR) is 114 cm³/mol. The smallest absolute Gasteiger partial charge is 0.0630 e. The van der Waals surface area contributed by atoms with E-state index in [9.17, 15) is 0 Å². The molecule has 2 heteroatoms. The summed E-state index contributed by atoms with van der Waals surface area (Å²) in [5.74, 6) is 0.558. The summed E-state index contributed by atoms with van der Waals surface area (Å²) in [6, 6.07) is 13.6. The summed E-state index contributed by atoms with van der Waals surface area (Å²) in [5.41, 5.74) is 7.81. The quantitative estimate of drug-likeness (QED) is 0.574. The van der Waals surface area contributed by atoms with Crippen LogP contribution in [0.4, 0.5) is 11.4 Å². The number of aliphatic imine (C=N–C) groups is 1. The molecule has 0 unspecified atom stereocenters. The zero-order valence-electron chi connectivity index (χ0n) is 17.3. The molecule has 1 heterocycles. The van der Waals surface area contributed by atoms with Gasteiger partial charge >= 0.3 is 0 Å². The third-order valence-electron chi connectivity index (χ3n) is 5.57. The lowest BCUT2D eigenvalue weighted by molar-refractivity contribution is 0.356. The maximum Gasteiger partial charge on any atom is 0.0630 e. The summed E-state index contributed by atoms with van der Waals surface area (Å²) in [6.45, 7) is 16.0. The first-order valence-electron chi connectivity index (χ1n) is 9.73. The predicted octanol–water partition coefficient (Wildman–Crippen LogP) is 6.55. The van der Waals surface area contributed by atoms with E-state index < -0.39 is 0 Å². The summed E-state index contributed by atoms with van der Waals surface area (Å²) in [7, 11) is 0. The Balaban J connectivity index is 2.01. The van der Waals surface area contributed by atoms with Gasteiger partial charge in [-0.25, -0.2) is 0 Å². The molecule has 1 aliphatic heterocycles. The molecule has 26 heavy (non-hydrogen) atoms. The van der Waals surface area contributed by atoms with Crippen LogP contribution in [0.3, 0.4) is 0 Å². The fraction of sp³-hybridized carbons (Fsp3) is 0.458. The fourth-order valence-electron chi connectivity index (χ4n) is 4.51. The van der Waals surface area contributed by atoms with Crippen LogP contribution in [0, 0.1) is 13.8 Å². The molecule has 0 fully saturated rings. The normalized spacial score (nSPS) is 19.2. The third kappa shape index (κ3) is 3.56. The summed E-state index contributed by atoms with van der Waals surface area (Å²) in [4.78, 5) is 7.29. The number of nitrogens with zero attached hydrogens (tertiary/aromatic N) is 2. The van der Waals surface area contributed by atoms with Crippen LogP contribution in [-0.2, 0) is 0 Å². The highest BCUT2D eigenvalue weighted by atomic mass is 15.2.